The van der Waals surface area contributed by atoms with E-state index in [1.54, 1.807) is 11.3 Å². The lowest BCUT2D eigenvalue weighted by Crippen LogP contribution is -2.07. The molecule has 5 nitrogen and oxygen atoms in total. The highest BCUT2D eigenvalue weighted by Crippen LogP contribution is 2.36. The van der Waals surface area contributed by atoms with Gasteiger partial charge in [0.2, 0.25) is 0 Å². The Balaban J connectivity index is 1.97. The van der Waals surface area contributed by atoms with Gasteiger partial charge in [-0.15, -0.1) is 11.3 Å². The molecule has 2 N–H and O–H groups in total. The van der Waals surface area contributed by atoms with Crippen molar-refractivity contribution in [2.45, 2.75) is 0 Å². The van der Waals surface area contributed by atoms with Crippen molar-refractivity contribution in [2.75, 3.05) is 24.7 Å². The Labute approximate surface area is 149 Å². The number of anilines is 2. The zero-order chi connectivity index (χ0) is 17.4. The van der Waals surface area contributed by atoms with Gasteiger partial charge in [0, 0.05) is 25.3 Å². The summed E-state index contributed by atoms with van der Waals surface area (Å²) >= 11 is 1.66. The Bertz CT molecular complexity index is 1020. The molecule has 4 aromatic rings. The molecule has 4 rings (SSSR count). The molecule has 124 valence electrons. The maximum absolute atomic E-state index is 6.04. The molecule has 6 heteroatoms. The summed E-state index contributed by atoms with van der Waals surface area (Å²) in [5, 5.41) is 2.82. The molecule has 0 amide bonds. The van der Waals surface area contributed by atoms with Gasteiger partial charge in [-0.05, 0) is 35.2 Å². The van der Waals surface area contributed by atoms with Crippen LogP contribution in [0.1, 0.15) is 0 Å². The van der Waals surface area contributed by atoms with Crippen molar-refractivity contribution in [3.63, 3.8) is 0 Å². The van der Waals surface area contributed by atoms with Crippen molar-refractivity contribution < 1.29 is 0 Å². The van der Waals surface area contributed by atoms with Crippen LogP contribution in [0.2, 0.25) is 0 Å². The van der Waals surface area contributed by atoms with Crippen LogP contribution in [0, 0.1) is 0 Å². The summed E-state index contributed by atoms with van der Waals surface area (Å²) in [6.07, 6.45) is 1.45. The van der Waals surface area contributed by atoms with Crippen LogP contribution in [0.25, 0.3) is 32.7 Å². The summed E-state index contributed by atoms with van der Waals surface area (Å²) in [6.45, 7) is 0. The lowest BCUT2D eigenvalue weighted by molar-refractivity contribution is 1.13. The van der Waals surface area contributed by atoms with E-state index in [-0.39, 0.29) is 0 Å². The van der Waals surface area contributed by atoms with Crippen LogP contribution < -0.4 is 10.6 Å². The van der Waals surface area contributed by atoms with Crippen LogP contribution in [0.15, 0.2) is 54.2 Å². The molecule has 0 radical (unpaired) electrons. The second-order valence-electron chi connectivity index (χ2n) is 5.93. The molecule has 0 unspecified atom stereocenters. The SMILES string of the molecule is CN(C)c1ccc(-c2cc3c(N)ncnc3nc2-c2cccs2)cc1. The molecule has 0 atom stereocenters. The first-order valence-corrected chi connectivity index (χ1v) is 8.74. The van der Waals surface area contributed by atoms with Gasteiger partial charge in [0.05, 0.1) is 16.0 Å². The molecule has 25 heavy (non-hydrogen) atoms. The number of hydrogen-bond acceptors (Lipinski definition) is 6. The number of nitrogen functional groups attached to an aromatic ring is 1. The number of rotatable bonds is 3. The Hall–Kier alpha value is -2.99. The normalized spacial score (nSPS) is 11.0. The van der Waals surface area contributed by atoms with E-state index in [4.69, 9.17) is 10.7 Å². The van der Waals surface area contributed by atoms with Crippen LogP contribution in [-0.4, -0.2) is 29.0 Å². The molecule has 0 saturated carbocycles. The molecule has 0 bridgehead atoms. The lowest BCUT2D eigenvalue weighted by atomic mass is 10.0. The average molecular weight is 347 g/mol. The number of hydrogen-bond donors (Lipinski definition) is 1. The molecule has 0 aliphatic heterocycles. The summed E-state index contributed by atoms with van der Waals surface area (Å²) in [5.41, 5.74) is 10.8. The number of fused-ring (bicyclic) bond motifs is 1. The number of nitrogens with two attached hydrogens (primary N) is 1. The zero-order valence-corrected chi connectivity index (χ0v) is 14.8. The average Bonchev–Trinajstić information content (AvgIpc) is 3.16. The largest absolute Gasteiger partial charge is 0.383 e. The summed E-state index contributed by atoms with van der Waals surface area (Å²) in [7, 11) is 4.06. The molecule has 0 fully saturated rings. The molecule has 0 aliphatic carbocycles. The van der Waals surface area contributed by atoms with Gasteiger partial charge >= 0.3 is 0 Å². The van der Waals surface area contributed by atoms with Crippen molar-refractivity contribution in [3.8, 4) is 21.7 Å². The van der Waals surface area contributed by atoms with Crippen LogP contribution >= 0.6 is 11.3 Å². The highest BCUT2D eigenvalue weighted by Gasteiger charge is 2.14. The fourth-order valence-corrected chi connectivity index (χ4v) is 3.49. The Morgan fingerprint density at radius 1 is 1.04 bits per heavy atom. The fraction of sp³-hybridized carbons (Fsp3) is 0.105. The summed E-state index contributed by atoms with van der Waals surface area (Å²) in [4.78, 5) is 16.3. The van der Waals surface area contributed by atoms with Gasteiger partial charge in [0.1, 0.15) is 12.1 Å². The van der Waals surface area contributed by atoms with Gasteiger partial charge < -0.3 is 10.6 Å². The van der Waals surface area contributed by atoms with E-state index < -0.39 is 0 Å². The van der Waals surface area contributed by atoms with E-state index in [9.17, 15) is 0 Å². The van der Waals surface area contributed by atoms with Crippen LogP contribution in [-0.2, 0) is 0 Å². The van der Waals surface area contributed by atoms with Gasteiger partial charge in [-0.2, -0.15) is 0 Å². The molecular formula is C19H17N5S. The smallest absolute Gasteiger partial charge is 0.165 e. The van der Waals surface area contributed by atoms with Gasteiger partial charge in [-0.3, -0.25) is 0 Å². The van der Waals surface area contributed by atoms with Crippen LogP contribution in [0.3, 0.4) is 0 Å². The Kier molecular flexibility index (Phi) is 3.82. The maximum Gasteiger partial charge on any atom is 0.165 e. The molecule has 0 aliphatic rings. The van der Waals surface area contributed by atoms with E-state index in [2.05, 4.69) is 50.6 Å². The highest BCUT2D eigenvalue weighted by molar-refractivity contribution is 7.13. The predicted molar refractivity (Wildman–Crippen MR) is 105 cm³/mol. The molecule has 0 saturated heterocycles. The first kappa shape index (κ1) is 15.5. The number of thiophene rings is 1. The summed E-state index contributed by atoms with van der Waals surface area (Å²) in [6, 6.07) is 14.5. The van der Waals surface area contributed by atoms with E-state index in [1.807, 2.05) is 26.2 Å². The second-order valence-corrected chi connectivity index (χ2v) is 6.88. The van der Waals surface area contributed by atoms with Crippen molar-refractivity contribution in [3.05, 3.63) is 54.2 Å². The van der Waals surface area contributed by atoms with Gasteiger partial charge in [-0.1, -0.05) is 18.2 Å². The third-order valence-corrected chi connectivity index (χ3v) is 4.98. The molecule has 3 aromatic heterocycles. The minimum Gasteiger partial charge on any atom is -0.383 e. The highest BCUT2D eigenvalue weighted by atomic mass is 32.1. The quantitative estimate of drug-likeness (QED) is 0.605. The predicted octanol–water partition coefficient (Wildman–Crippen LogP) is 4.07. The Morgan fingerprint density at radius 3 is 2.52 bits per heavy atom. The maximum atomic E-state index is 6.04. The van der Waals surface area contributed by atoms with Crippen molar-refractivity contribution >= 4 is 33.9 Å². The third-order valence-electron chi connectivity index (χ3n) is 4.10. The number of aromatic nitrogens is 3. The number of nitrogens with zero attached hydrogens (tertiary/aromatic N) is 4. The first-order valence-electron chi connectivity index (χ1n) is 7.86. The van der Waals surface area contributed by atoms with Crippen LogP contribution in [0.4, 0.5) is 11.5 Å². The molecular weight excluding hydrogens is 330 g/mol. The second kappa shape index (κ2) is 6.14. The fourth-order valence-electron chi connectivity index (χ4n) is 2.77. The van der Waals surface area contributed by atoms with E-state index in [1.165, 1.54) is 6.33 Å². The summed E-state index contributed by atoms with van der Waals surface area (Å²) < 4.78 is 0. The van der Waals surface area contributed by atoms with Crippen LogP contribution in [0.5, 0.6) is 0 Å². The van der Waals surface area contributed by atoms with Gasteiger partial charge in [0.25, 0.3) is 0 Å². The Morgan fingerprint density at radius 2 is 1.84 bits per heavy atom. The standard InChI is InChI=1S/C19H17N5S/c1-24(2)13-7-5-12(6-8-13)14-10-15-18(20)21-11-22-19(15)23-17(14)16-4-3-9-25-16/h3-11H,1-2H3,(H2,20,21,22,23). The monoisotopic (exact) mass is 347 g/mol. The van der Waals surface area contributed by atoms with Crippen molar-refractivity contribution in [1.82, 2.24) is 15.0 Å². The van der Waals surface area contributed by atoms with Crippen molar-refractivity contribution in [1.29, 1.82) is 0 Å². The third kappa shape index (κ3) is 2.81. The van der Waals surface area contributed by atoms with Gasteiger partial charge in [-0.25, -0.2) is 15.0 Å². The summed E-state index contributed by atoms with van der Waals surface area (Å²) in [5.74, 6) is 0.446. The van der Waals surface area contributed by atoms with Gasteiger partial charge in [0.15, 0.2) is 5.65 Å². The molecule has 1 aromatic carbocycles. The van der Waals surface area contributed by atoms with E-state index >= 15 is 0 Å². The molecule has 0 spiro atoms. The minimum atomic E-state index is 0.446. The lowest BCUT2D eigenvalue weighted by Gasteiger charge is -2.14. The first-order chi connectivity index (χ1) is 12.1. The minimum absolute atomic E-state index is 0.446. The molecule has 3 heterocycles. The topological polar surface area (TPSA) is 67.9 Å². The number of benzene rings is 1. The number of pyridine rings is 1. The van der Waals surface area contributed by atoms with E-state index in [0.717, 1.165) is 32.8 Å². The van der Waals surface area contributed by atoms with E-state index in [0.29, 0.717) is 11.5 Å². The van der Waals surface area contributed by atoms with Crippen molar-refractivity contribution in [2.24, 2.45) is 0 Å². The zero-order valence-electron chi connectivity index (χ0n) is 14.0.